The fourth-order valence-corrected chi connectivity index (χ4v) is 3.67. The number of nitrogens with zero attached hydrogens (tertiary/aromatic N) is 4. The van der Waals surface area contributed by atoms with Crippen LogP contribution in [0.2, 0.25) is 0 Å². The van der Waals surface area contributed by atoms with Crippen LogP contribution < -0.4 is 5.32 Å². The van der Waals surface area contributed by atoms with Gasteiger partial charge in [-0.15, -0.1) is 0 Å². The largest absolute Gasteiger partial charge is 0.325 e. The van der Waals surface area contributed by atoms with Crippen molar-refractivity contribution in [1.29, 1.82) is 0 Å². The summed E-state index contributed by atoms with van der Waals surface area (Å²) in [5.41, 5.74) is 2.83. The van der Waals surface area contributed by atoms with E-state index in [1.54, 1.807) is 17.2 Å². The molecule has 3 aromatic rings. The molecule has 1 N–H and O–H groups in total. The van der Waals surface area contributed by atoms with Gasteiger partial charge < -0.3 is 14.8 Å². The number of hydrogen-bond donors (Lipinski definition) is 1. The quantitative estimate of drug-likeness (QED) is 0.743. The standard InChI is InChI=1S/C22H23N5O2/c1-15-5-3-6-19(24-15)22(29)27-13-4-7-20(27)21(28)25-17-8-10-18(11-9-17)26-14-12-23-16(26)2/h3,5-6,8-12,14,20H,4,7,13H2,1-2H3,(H,25,28)/t20-/m1/s1. The number of hydrogen-bond acceptors (Lipinski definition) is 4. The van der Waals surface area contributed by atoms with E-state index < -0.39 is 6.04 Å². The Hall–Kier alpha value is -3.48. The van der Waals surface area contributed by atoms with Gasteiger partial charge in [0, 0.05) is 36.0 Å². The SMILES string of the molecule is Cc1cccc(C(=O)N2CCC[C@@H]2C(=O)Nc2ccc(-n3ccnc3C)cc2)n1. The van der Waals surface area contributed by atoms with Crippen molar-refractivity contribution in [2.75, 3.05) is 11.9 Å². The van der Waals surface area contributed by atoms with E-state index in [9.17, 15) is 9.59 Å². The van der Waals surface area contributed by atoms with E-state index in [4.69, 9.17) is 0 Å². The number of amides is 2. The lowest BCUT2D eigenvalue weighted by atomic mass is 10.2. The van der Waals surface area contributed by atoms with E-state index >= 15 is 0 Å². The van der Waals surface area contributed by atoms with Crippen molar-refractivity contribution in [1.82, 2.24) is 19.4 Å². The van der Waals surface area contributed by atoms with Gasteiger partial charge in [-0.2, -0.15) is 0 Å². The zero-order valence-corrected chi connectivity index (χ0v) is 16.5. The van der Waals surface area contributed by atoms with Crippen LogP contribution in [0.4, 0.5) is 5.69 Å². The Morgan fingerprint density at radius 2 is 1.90 bits per heavy atom. The summed E-state index contributed by atoms with van der Waals surface area (Å²) in [6, 6.07) is 12.4. The molecule has 148 valence electrons. The average molecular weight is 389 g/mol. The van der Waals surface area contributed by atoms with Gasteiger partial charge in [-0.1, -0.05) is 6.07 Å². The molecule has 1 atom stereocenters. The Morgan fingerprint density at radius 1 is 1.10 bits per heavy atom. The molecule has 1 fully saturated rings. The van der Waals surface area contributed by atoms with Crippen LogP contribution in [0.15, 0.2) is 54.9 Å². The third-order valence-corrected chi connectivity index (χ3v) is 5.16. The van der Waals surface area contributed by atoms with Gasteiger partial charge in [0.25, 0.3) is 5.91 Å². The third-order valence-electron chi connectivity index (χ3n) is 5.16. The van der Waals surface area contributed by atoms with Crippen LogP contribution in [0.25, 0.3) is 5.69 Å². The highest BCUT2D eigenvalue weighted by molar-refractivity contribution is 6.00. The number of aryl methyl sites for hydroxylation is 2. The molecule has 2 amide bonds. The van der Waals surface area contributed by atoms with Crippen LogP contribution in [0.3, 0.4) is 0 Å². The van der Waals surface area contributed by atoms with E-state index in [0.717, 1.165) is 23.6 Å². The van der Waals surface area contributed by atoms with Gasteiger partial charge in [0.15, 0.2) is 0 Å². The fourth-order valence-electron chi connectivity index (χ4n) is 3.67. The maximum Gasteiger partial charge on any atom is 0.273 e. The van der Waals surface area contributed by atoms with Gasteiger partial charge in [-0.05, 0) is 63.1 Å². The van der Waals surface area contributed by atoms with Gasteiger partial charge >= 0.3 is 0 Å². The maximum absolute atomic E-state index is 12.9. The number of carbonyl (C=O) groups is 2. The summed E-state index contributed by atoms with van der Waals surface area (Å²) in [4.78, 5) is 35.9. The molecule has 0 spiro atoms. The number of likely N-dealkylation sites (tertiary alicyclic amines) is 1. The third kappa shape index (κ3) is 3.89. The molecule has 29 heavy (non-hydrogen) atoms. The van der Waals surface area contributed by atoms with Crippen LogP contribution in [0, 0.1) is 13.8 Å². The van der Waals surface area contributed by atoms with Gasteiger partial charge in [0.05, 0.1) is 0 Å². The number of nitrogens with one attached hydrogen (secondary N) is 1. The lowest BCUT2D eigenvalue weighted by Gasteiger charge is -2.23. The second-order valence-electron chi connectivity index (χ2n) is 7.20. The molecular weight excluding hydrogens is 366 g/mol. The molecule has 0 aliphatic carbocycles. The molecule has 0 saturated carbocycles. The minimum absolute atomic E-state index is 0.171. The fraction of sp³-hybridized carbons (Fsp3) is 0.273. The Bertz CT molecular complexity index is 1040. The van der Waals surface area contributed by atoms with Gasteiger partial charge in [-0.3, -0.25) is 9.59 Å². The van der Waals surface area contributed by atoms with E-state index in [2.05, 4.69) is 15.3 Å². The summed E-state index contributed by atoms with van der Waals surface area (Å²) in [6.07, 6.45) is 5.09. The first-order chi connectivity index (χ1) is 14.0. The molecule has 1 aromatic carbocycles. The average Bonchev–Trinajstić information content (AvgIpc) is 3.37. The summed E-state index contributed by atoms with van der Waals surface area (Å²) >= 11 is 0. The molecule has 0 bridgehead atoms. The zero-order valence-electron chi connectivity index (χ0n) is 16.5. The van der Waals surface area contributed by atoms with E-state index in [1.807, 2.05) is 61.0 Å². The molecule has 0 unspecified atom stereocenters. The van der Waals surface area contributed by atoms with Crippen LogP contribution >= 0.6 is 0 Å². The van der Waals surface area contributed by atoms with E-state index in [0.29, 0.717) is 24.3 Å². The molecule has 3 heterocycles. The van der Waals surface area contributed by atoms with Gasteiger partial charge in [0.2, 0.25) is 5.91 Å². The Labute approximate surface area is 169 Å². The summed E-state index contributed by atoms with van der Waals surface area (Å²) < 4.78 is 1.97. The molecule has 7 nitrogen and oxygen atoms in total. The maximum atomic E-state index is 12.9. The highest BCUT2D eigenvalue weighted by Crippen LogP contribution is 2.22. The van der Waals surface area contributed by atoms with Crippen molar-refractivity contribution < 1.29 is 9.59 Å². The van der Waals surface area contributed by atoms with Crippen molar-refractivity contribution in [2.24, 2.45) is 0 Å². The lowest BCUT2D eigenvalue weighted by molar-refractivity contribution is -0.119. The minimum Gasteiger partial charge on any atom is -0.325 e. The highest BCUT2D eigenvalue weighted by Gasteiger charge is 2.35. The van der Waals surface area contributed by atoms with E-state index in [-0.39, 0.29) is 11.8 Å². The summed E-state index contributed by atoms with van der Waals surface area (Å²) in [5, 5.41) is 2.94. The van der Waals surface area contributed by atoms with Crippen LogP contribution in [-0.4, -0.2) is 43.8 Å². The first-order valence-corrected chi connectivity index (χ1v) is 9.69. The number of imidazole rings is 1. The number of anilines is 1. The topological polar surface area (TPSA) is 80.1 Å². The number of carbonyl (C=O) groups excluding carboxylic acids is 2. The Kier molecular flexibility index (Phi) is 5.12. The molecule has 1 saturated heterocycles. The summed E-state index contributed by atoms with van der Waals surface area (Å²) in [7, 11) is 0. The van der Waals surface area contributed by atoms with Crippen LogP contribution in [0.1, 0.15) is 34.8 Å². The van der Waals surface area contributed by atoms with Crippen molar-refractivity contribution in [2.45, 2.75) is 32.7 Å². The van der Waals surface area contributed by atoms with Crippen molar-refractivity contribution in [3.63, 3.8) is 0 Å². The number of benzene rings is 1. The van der Waals surface area contributed by atoms with E-state index in [1.165, 1.54) is 0 Å². The normalized spacial score (nSPS) is 16.1. The predicted molar refractivity (Wildman–Crippen MR) is 110 cm³/mol. The predicted octanol–water partition coefficient (Wildman–Crippen LogP) is 3.13. The number of aromatic nitrogens is 3. The first kappa shape index (κ1) is 18.9. The van der Waals surface area contributed by atoms with Crippen molar-refractivity contribution in [3.05, 3.63) is 72.1 Å². The summed E-state index contributed by atoms with van der Waals surface area (Å²) in [5.74, 6) is 0.527. The van der Waals surface area contributed by atoms with Crippen molar-refractivity contribution >= 4 is 17.5 Å². The molecular formula is C22H23N5O2. The summed E-state index contributed by atoms with van der Waals surface area (Å²) in [6.45, 7) is 4.34. The first-order valence-electron chi connectivity index (χ1n) is 9.69. The molecule has 1 aliphatic heterocycles. The van der Waals surface area contributed by atoms with Gasteiger partial charge in [-0.25, -0.2) is 9.97 Å². The Morgan fingerprint density at radius 3 is 2.59 bits per heavy atom. The highest BCUT2D eigenvalue weighted by atomic mass is 16.2. The minimum atomic E-state index is -0.486. The molecule has 2 aromatic heterocycles. The monoisotopic (exact) mass is 389 g/mol. The van der Waals surface area contributed by atoms with Crippen molar-refractivity contribution in [3.8, 4) is 5.69 Å². The Balaban J connectivity index is 1.46. The number of rotatable bonds is 4. The molecule has 4 rings (SSSR count). The smallest absolute Gasteiger partial charge is 0.273 e. The second kappa shape index (κ2) is 7.87. The molecule has 7 heteroatoms. The molecule has 1 aliphatic rings. The number of pyridine rings is 1. The molecule has 0 radical (unpaired) electrons. The van der Waals surface area contributed by atoms with Gasteiger partial charge in [0.1, 0.15) is 17.6 Å². The van der Waals surface area contributed by atoms with Crippen LogP contribution in [0.5, 0.6) is 0 Å². The lowest BCUT2D eigenvalue weighted by Crippen LogP contribution is -2.43. The second-order valence-corrected chi connectivity index (χ2v) is 7.20. The van der Waals surface area contributed by atoms with Crippen LogP contribution in [-0.2, 0) is 4.79 Å². The zero-order chi connectivity index (χ0) is 20.4.